The Morgan fingerprint density at radius 3 is 2.21 bits per heavy atom. The molecule has 0 spiro atoms. The number of hydrogen-bond donors (Lipinski definition) is 0. The Kier molecular flexibility index (Phi) is 4.00. The first-order valence-corrected chi connectivity index (χ1v) is 6.45. The molecule has 0 N–H and O–H groups in total. The van der Waals surface area contributed by atoms with Gasteiger partial charge in [0.2, 0.25) is 0 Å². The minimum absolute atomic E-state index is 0.0939. The average Bonchev–Trinajstić information content (AvgIpc) is 2.39. The van der Waals surface area contributed by atoms with E-state index < -0.39 is 0 Å². The monoisotopic (exact) mass is 254 g/mol. The highest BCUT2D eigenvalue weighted by Gasteiger charge is 2.09. The van der Waals surface area contributed by atoms with Gasteiger partial charge >= 0.3 is 5.97 Å². The zero-order valence-electron chi connectivity index (χ0n) is 11.5. The van der Waals surface area contributed by atoms with Gasteiger partial charge < -0.3 is 4.74 Å². The van der Waals surface area contributed by atoms with Crippen LogP contribution in [0.5, 0.6) is 0 Å². The van der Waals surface area contributed by atoms with Crippen LogP contribution >= 0.6 is 0 Å². The van der Waals surface area contributed by atoms with Crippen LogP contribution in [0.2, 0.25) is 0 Å². The largest absolute Gasteiger partial charge is 0.459 e. The summed E-state index contributed by atoms with van der Waals surface area (Å²) in [5.41, 5.74) is 4.11. The lowest BCUT2D eigenvalue weighted by Gasteiger charge is -2.09. The van der Waals surface area contributed by atoms with Crippen LogP contribution in [0.1, 0.15) is 29.8 Å². The first-order valence-electron chi connectivity index (χ1n) is 6.45. The Bertz CT molecular complexity index is 568. The molecule has 0 aromatic heterocycles. The van der Waals surface area contributed by atoms with Crippen molar-refractivity contribution in [3.63, 3.8) is 0 Å². The van der Waals surface area contributed by atoms with Gasteiger partial charge in [-0.2, -0.15) is 0 Å². The van der Waals surface area contributed by atoms with Crippen molar-refractivity contribution in [1.82, 2.24) is 0 Å². The third-order valence-corrected chi connectivity index (χ3v) is 2.92. The molecule has 2 aromatic carbocycles. The summed E-state index contributed by atoms with van der Waals surface area (Å²) in [5.74, 6) is -0.272. The second-order valence-corrected chi connectivity index (χ2v) is 4.85. The van der Waals surface area contributed by atoms with Gasteiger partial charge in [-0.25, -0.2) is 4.79 Å². The molecule has 0 saturated heterocycles. The Hall–Kier alpha value is -2.09. The summed E-state index contributed by atoms with van der Waals surface area (Å²) < 4.78 is 5.17. The Morgan fingerprint density at radius 1 is 1.00 bits per heavy atom. The fourth-order valence-corrected chi connectivity index (χ4v) is 1.96. The highest BCUT2D eigenvalue weighted by atomic mass is 16.5. The van der Waals surface area contributed by atoms with Crippen molar-refractivity contribution >= 4 is 5.97 Å². The van der Waals surface area contributed by atoms with Gasteiger partial charge in [0.15, 0.2) is 0 Å². The van der Waals surface area contributed by atoms with Gasteiger partial charge in [-0.1, -0.05) is 36.4 Å². The van der Waals surface area contributed by atoms with Gasteiger partial charge in [0.25, 0.3) is 0 Å². The van der Waals surface area contributed by atoms with Crippen LogP contribution in [0.15, 0.2) is 48.5 Å². The van der Waals surface area contributed by atoms with Crippen LogP contribution in [-0.2, 0) is 4.74 Å². The molecule has 0 aliphatic rings. The fourth-order valence-electron chi connectivity index (χ4n) is 1.96. The Balaban J connectivity index is 2.24. The van der Waals surface area contributed by atoms with E-state index >= 15 is 0 Å². The fraction of sp³-hybridized carbons (Fsp3) is 0.235. The van der Waals surface area contributed by atoms with Gasteiger partial charge in [0, 0.05) is 0 Å². The summed E-state index contributed by atoms with van der Waals surface area (Å²) in [6.07, 6.45) is -0.0939. The predicted octanol–water partition coefficient (Wildman–Crippen LogP) is 4.23. The topological polar surface area (TPSA) is 26.3 Å². The summed E-state index contributed by atoms with van der Waals surface area (Å²) in [5, 5.41) is 0. The van der Waals surface area contributed by atoms with Crippen LogP contribution in [0.4, 0.5) is 0 Å². The molecule has 0 unspecified atom stereocenters. The van der Waals surface area contributed by atoms with Crippen molar-refractivity contribution in [2.24, 2.45) is 0 Å². The van der Waals surface area contributed by atoms with E-state index in [1.165, 1.54) is 11.1 Å². The molecule has 0 saturated carbocycles. The Labute approximate surface area is 114 Å². The lowest BCUT2D eigenvalue weighted by atomic mass is 10.00. The van der Waals surface area contributed by atoms with E-state index in [0.29, 0.717) is 5.56 Å². The lowest BCUT2D eigenvalue weighted by molar-refractivity contribution is 0.0378. The van der Waals surface area contributed by atoms with E-state index in [2.05, 4.69) is 19.1 Å². The summed E-state index contributed by atoms with van der Waals surface area (Å²) in [6, 6.07) is 15.7. The number of aryl methyl sites for hydroxylation is 1. The third-order valence-electron chi connectivity index (χ3n) is 2.92. The lowest BCUT2D eigenvalue weighted by Crippen LogP contribution is -2.11. The molecule has 2 rings (SSSR count). The number of carbonyl (C=O) groups is 1. The van der Waals surface area contributed by atoms with Gasteiger partial charge in [-0.05, 0) is 49.6 Å². The number of rotatable bonds is 3. The van der Waals surface area contributed by atoms with E-state index in [-0.39, 0.29) is 12.1 Å². The van der Waals surface area contributed by atoms with Crippen molar-refractivity contribution < 1.29 is 9.53 Å². The molecule has 0 amide bonds. The smallest absolute Gasteiger partial charge is 0.338 e. The number of ether oxygens (including phenoxy) is 1. The average molecular weight is 254 g/mol. The number of benzene rings is 2. The summed E-state index contributed by atoms with van der Waals surface area (Å²) in [4.78, 5) is 11.7. The molecule has 19 heavy (non-hydrogen) atoms. The van der Waals surface area contributed by atoms with E-state index in [9.17, 15) is 4.79 Å². The molecule has 0 heterocycles. The molecule has 98 valence electrons. The van der Waals surface area contributed by atoms with Crippen LogP contribution in [0.25, 0.3) is 11.1 Å². The number of esters is 1. The second-order valence-electron chi connectivity index (χ2n) is 4.85. The molecule has 2 nitrogen and oxygen atoms in total. The standard InChI is InChI=1S/C17H18O2/c1-12(2)19-17(18)15-10-8-14(9-11-15)16-7-5-4-6-13(16)3/h4-12H,1-3H3. The van der Waals surface area contributed by atoms with Gasteiger partial charge in [-0.3, -0.25) is 0 Å². The number of hydrogen-bond acceptors (Lipinski definition) is 2. The summed E-state index contributed by atoms with van der Waals surface area (Å²) >= 11 is 0. The second kappa shape index (κ2) is 5.70. The molecule has 0 atom stereocenters. The molecule has 0 radical (unpaired) electrons. The molecule has 2 aromatic rings. The van der Waals surface area contributed by atoms with Crippen LogP contribution in [-0.4, -0.2) is 12.1 Å². The van der Waals surface area contributed by atoms with Gasteiger partial charge in [0.1, 0.15) is 0 Å². The molecule has 2 heteroatoms. The van der Waals surface area contributed by atoms with Crippen LogP contribution in [0.3, 0.4) is 0 Å². The molecular weight excluding hydrogens is 236 g/mol. The molecule has 0 aliphatic carbocycles. The van der Waals surface area contributed by atoms with E-state index in [0.717, 1.165) is 5.56 Å². The molecule has 0 aliphatic heterocycles. The van der Waals surface area contributed by atoms with E-state index in [1.54, 1.807) is 0 Å². The minimum atomic E-state index is -0.272. The minimum Gasteiger partial charge on any atom is -0.459 e. The maximum Gasteiger partial charge on any atom is 0.338 e. The molecular formula is C17H18O2. The van der Waals surface area contributed by atoms with E-state index in [1.807, 2.05) is 50.2 Å². The van der Waals surface area contributed by atoms with Crippen molar-refractivity contribution in [2.45, 2.75) is 26.9 Å². The van der Waals surface area contributed by atoms with Gasteiger partial charge in [-0.15, -0.1) is 0 Å². The normalized spacial score (nSPS) is 10.5. The third kappa shape index (κ3) is 3.22. The van der Waals surface area contributed by atoms with Crippen LogP contribution in [0, 0.1) is 6.92 Å². The zero-order valence-corrected chi connectivity index (χ0v) is 11.5. The molecule has 0 fully saturated rings. The highest BCUT2D eigenvalue weighted by Crippen LogP contribution is 2.23. The van der Waals surface area contributed by atoms with Crippen molar-refractivity contribution in [3.05, 3.63) is 59.7 Å². The van der Waals surface area contributed by atoms with Crippen molar-refractivity contribution in [2.75, 3.05) is 0 Å². The van der Waals surface area contributed by atoms with Gasteiger partial charge in [0.05, 0.1) is 11.7 Å². The molecule has 0 bridgehead atoms. The Morgan fingerprint density at radius 2 is 1.63 bits per heavy atom. The predicted molar refractivity (Wildman–Crippen MR) is 77.2 cm³/mol. The summed E-state index contributed by atoms with van der Waals surface area (Å²) in [6.45, 7) is 5.77. The maximum absolute atomic E-state index is 11.7. The van der Waals surface area contributed by atoms with E-state index in [4.69, 9.17) is 4.74 Å². The quantitative estimate of drug-likeness (QED) is 0.766. The zero-order chi connectivity index (χ0) is 13.8. The maximum atomic E-state index is 11.7. The highest BCUT2D eigenvalue weighted by molar-refractivity contribution is 5.90. The SMILES string of the molecule is Cc1ccccc1-c1ccc(C(=O)OC(C)C)cc1. The first kappa shape index (κ1) is 13.3. The van der Waals surface area contributed by atoms with Crippen molar-refractivity contribution in [3.8, 4) is 11.1 Å². The van der Waals surface area contributed by atoms with Crippen LogP contribution < -0.4 is 0 Å². The first-order chi connectivity index (χ1) is 9.08. The summed E-state index contributed by atoms with van der Waals surface area (Å²) in [7, 11) is 0. The number of carbonyl (C=O) groups excluding carboxylic acids is 1. The van der Waals surface area contributed by atoms with Crippen molar-refractivity contribution in [1.29, 1.82) is 0 Å².